The van der Waals surface area contributed by atoms with Crippen molar-refractivity contribution in [2.45, 2.75) is 36.8 Å². The van der Waals surface area contributed by atoms with Crippen LogP contribution in [0.1, 0.15) is 0 Å². The van der Waals surface area contributed by atoms with Gasteiger partial charge in [-0.1, -0.05) is 0 Å². The molecule has 14 heavy (non-hydrogen) atoms. The van der Waals surface area contributed by atoms with Gasteiger partial charge in [0.05, 0.1) is 6.61 Å². The summed E-state index contributed by atoms with van der Waals surface area (Å²) >= 11 is 0. The van der Waals surface area contributed by atoms with Gasteiger partial charge in [-0.25, -0.2) is 0 Å². The van der Waals surface area contributed by atoms with Crippen molar-refractivity contribution >= 4 is 0 Å². The number of hydrogen-bond acceptors (Lipinski definition) is 7. The first-order valence-electron chi connectivity index (χ1n) is 4.15. The third-order valence-corrected chi connectivity index (χ3v) is 2.19. The van der Waals surface area contributed by atoms with Crippen molar-refractivity contribution in [1.29, 1.82) is 0 Å². The van der Waals surface area contributed by atoms with Crippen molar-refractivity contribution < 1.29 is 35.4 Å². The molecule has 1 aliphatic heterocycles. The lowest BCUT2D eigenvalue weighted by Crippen LogP contribution is -2.61. The predicted molar refractivity (Wildman–Crippen MR) is 42.0 cm³/mol. The Morgan fingerprint density at radius 1 is 1.00 bits per heavy atom. The molecule has 0 saturated carbocycles. The first-order valence-corrected chi connectivity index (χ1v) is 4.15. The molecule has 1 saturated heterocycles. The van der Waals surface area contributed by atoms with Crippen LogP contribution in [0.5, 0.6) is 0 Å². The molecule has 0 radical (unpaired) electrons. The lowest BCUT2D eigenvalue weighted by atomic mass is 9.96. The fourth-order valence-corrected chi connectivity index (χ4v) is 1.31. The maximum Gasteiger partial charge on any atom is 0.184 e. The van der Waals surface area contributed by atoms with Gasteiger partial charge in [-0.2, -0.15) is 0 Å². The zero-order chi connectivity index (χ0) is 10.9. The smallest absolute Gasteiger partial charge is 0.184 e. The Kier molecular flexibility index (Phi) is 3.78. The molecule has 6 atom stereocenters. The predicted octanol–water partition coefficient (Wildman–Crippen LogP) is -3.86. The Bertz CT molecular complexity index is 187. The lowest BCUT2D eigenvalue weighted by molar-refractivity contribution is -0.298. The molecule has 0 aliphatic carbocycles. The molecule has 0 amide bonds. The highest BCUT2D eigenvalue weighted by atomic mass is 16.6. The van der Waals surface area contributed by atoms with Crippen molar-refractivity contribution in [3.63, 3.8) is 0 Å². The van der Waals surface area contributed by atoms with E-state index >= 15 is 0 Å². The molecule has 1 fully saturated rings. The second kappa shape index (κ2) is 4.49. The molecule has 7 heteroatoms. The van der Waals surface area contributed by atoms with Crippen LogP contribution in [0, 0.1) is 0 Å². The van der Waals surface area contributed by atoms with Gasteiger partial charge in [0, 0.05) is 0 Å². The van der Waals surface area contributed by atoms with Gasteiger partial charge >= 0.3 is 0 Å². The largest absolute Gasteiger partial charge is 0.394 e. The topological polar surface area (TPSA) is 131 Å². The molecular formula is C7H14O7. The molecule has 0 aromatic heterocycles. The van der Waals surface area contributed by atoms with Crippen LogP contribution in [0.3, 0.4) is 0 Å². The maximum absolute atomic E-state index is 9.31. The zero-order valence-corrected chi connectivity index (χ0v) is 7.26. The minimum Gasteiger partial charge on any atom is -0.394 e. The first kappa shape index (κ1) is 11.8. The summed E-state index contributed by atoms with van der Waals surface area (Å²) in [4.78, 5) is 0. The third-order valence-electron chi connectivity index (χ3n) is 2.19. The summed E-state index contributed by atoms with van der Waals surface area (Å²) in [5.74, 6) is 0. The maximum atomic E-state index is 9.31. The van der Waals surface area contributed by atoms with Crippen LogP contribution in [0.2, 0.25) is 0 Å². The molecule has 1 rings (SSSR count). The van der Waals surface area contributed by atoms with Crippen LogP contribution in [-0.4, -0.2) is 74.1 Å². The normalized spacial score (nSPS) is 46.3. The van der Waals surface area contributed by atoms with Crippen molar-refractivity contribution in [3.8, 4) is 0 Å². The van der Waals surface area contributed by atoms with Gasteiger partial charge in [-0.05, 0) is 0 Å². The fraction of sp³-hybridized carbons (Fsp3) is 1.00. The molecular weight excluding hydrogens is 196 g/mol. The van der Waals surface area contributed by atoms with E-state index in [4.69, 9.17) is 20.4 Å². The van der Waals surface area contributed by atoms with Gasteiger partial charge in [0.1, 0.15) is 30.5 Å². The first-order chi connectivity index (χ1) is 6.49. The van der Waals surface area contributed by atoms with Gasteiger partial charge in [-0.15, -0.1) is 0 Å². The quantitative estimate of drug-likeness (QED) is 0.275. The second-order valence-corrected chi connectivity index (χ2v) is 3.21. The van der Waals surface area contributed by atoms with Crippen molar-refractivity contribution in [1.82, 2.24) is 0 Å². The molecule has 0 aromatic rings. The molecule has 0 aromatic carbocycles. The lowest BCUT2D eigenvalue weighted by Gasteiger charge is -2.39. The molecule has 0 unspecified atom stereocenters. The number of aliphatic hydroxyl groups is 6. The highest BCUT2D eigenvalue weighted by Crippen LogP contribution is 2.21. The minimum atomic E-state index is -1.69. The van der Waals surface area contributed by atoms with E-state index in [1.165, 1.54) is 0 Å². The van der Waals surface area contributed by atoms with Gasteiger partial charge < -0.3 is 35.4 Å². The number of hydrogen-bond donors (Lipinski definition) is 6. The van der Waals surface area contributed by atoms with E-state index in [0.717, 1.165) is 0 Å². The van der Waals surface area contributed by atoms with Gasteiger partial charge in [0.15, 0.2) is 6.29 Å². The van der Waals surface area contributed by atoms with E-state index in [9.17, 15) is 10.2 Å². The van der Waals surface area contributed by atoms with Gasteiger partial charge in [0.2, 0.25) is 0 Å². The van der Waals surface area contributed by atoms with Crippen molar-refractivity contribution in [2.75, 3.05) is 6.61 Å². The van der Waals surface area contributed by atoms with Crippen molar-refractivity contribution in [2.24, 2.45) is 0 Å². The van der Waals surface area contributed by atoms with Crippen LogP contribution < -0.4 is 0 Å². The summed E-state index contributed by atoms with van der Waals surface area (Å²) < 4.78 is 4.62. The average molecular weight is 210 g/mol. The van der Waals surface area contributed by atoms with E-state index in [1.807, 2.05) is 0 Å². The number of ether oxygens (including phenoxy) is 1. The Hall–Kier alpha value is -0.280. The van der Waals surface area contributed by atoms with E-state index in [0.29, 0.717) is 0 Å². The Labute approximate surface area is 79.8 Å². The number of aliphatic hydroxyl groups excluding tert-OH is 6. The summed E-state index contributed by atoms with van der Waals surface area (Å²) in [5.41, 5.74) is 0. The molecule has 0 spiro atoms. The Balaban J connectivity index is 2.70. The van der Waals surface area contributed by atoms with E-state index in [2.05, 4.69) is 4.74 Å². The van der Waals surface area contributed by atoms with E-state index < -0.39 is 43.4 Å². The molecule has 0 bridgehead atoms. The van der Waals surface area contributed by atoms with Gasteiger partial charge in [0.25, 0.3) is 0 Å². The average Bonchev–Trinajstić information content (AvgIpc) is 2.19. The van der Waals surface area contributed by atoms with Crippen LogP contribution in [0.4, 0.5) is 0 Å². The van der Waals surface area contributed by atoms with E-state index in [-0.39, 0.29) is 0 Å². The molecule has 1 aliphatic rings. The minimum absolute atomic E-state index is 0.683. The Morgan fingerprint density at radius 3 is 2.07 bits per heavy atom. The summed E-state index contributed by atoms with van der Waals surface area (Å²) in [6.45, 7) is -0.683. The van der Waals surface area contributed by atoms with Crippen LogP contribution in [0.15, 0.2) is 0 Å². The molecule has 84 valence electrons. The zero-order valence-electron chi connectivity index (χ0n) is 7.26. The molecule has 1 heterocycles. The van der Waals surface area contributed by atoms with Crippen LogP contribution in [-0.2, 0) is 4.74 Å². The highest BCUT2D eigenvalue weighted by molar-refractivity contribution is 4.91. The van der Waals surface area contributed by atoms with Crippen molar-refractivity contribution in [3.05, 3.63) is 0 Å². The Morgan fingerprint density at radius 2 is 1.57 bits per heavy atom. The third kappa shape index (κ3) is 2.04. The summed E-state index contributed by atoms with van der Waals surface area (Å²) in [7, 11) is 0. The molecule has 7 nitrogen and oxygen atoms in total. The monoisotopic (exact) mass is 210 g/mol. The highest BCUT2D eigenvalue weighted by Gasteiger charge is 2.45. The van der Waals surface area contributed by atoms with Gasteiger partial charge in [-0.3, -0.25) is 0 Å². The summed E-state index contributed by atoms with van der Waals surface area (Å²) in [5, 5.41) is 54.3. The fourth-order valence-electron chi connectivity index (χ4n) is 1.31. The van der Waals surface area contributed by atoms with Crippen LogP contribution in [0.25, 0.3) is 0 Å². The summed E-state index contributed by atoms with van der Waals surface area (Å²) in [6.07, 6.45) is -9.26. The molecule has 6 N–H and O–H groups in total. The van der Waals surface area contributed by atoms with E-state index in [1.54, 1.807) is 0 Å². The van der Waals surface area contributed by atoms with Crippen LogP contribution >= 0.6 is 0 Å². The second-order valence-electron chi connectivity index (χ2n) is 3.21. The summed E-state index contributed by atoms with van der Waals surface area (Å²) in [6, 6.07) is 0. The SMILES string of the molecule is OC[C@H](O)[C@@H]1O[C@@H](O)[C@H](O)[C@H](O)[C@@H]1O. The standard InChI is InChI=1S/C7H14O7/c8-1-2(9)6-4(11)3(10)5(12)7(13)14-6/h2-13H,1H2/t2-,3+,4-,5+,6-,7+/m0/s1. The number of rotatable bonds is 2.